The van der Waals surface area contributed by atoms with Crippen LogP contribution in [0.4, 0.5) is 10.1 Å². The summed E-state index contributed by atoms with van der Waals surface area (Å²) in [4.78, 5) is 1.70. The summed E-state index contributed by atoms with van der Waals surface area (Å²) in [6.07, 6.45) is 0. The summed E-state index contributed by atoms with van der Waals surface area (Å²) in [5.74, 6) is -0.171. The zero-order valence-electron chi connectivity index (χ0n) is 9.74. The van der Waals surface area contributed by atoms with Gasteiger partial charge in [0.25, 0.3) is 0 Å². The molecule has 0 saturated heterocycles. The van der Waals surface area contributed by atoms with Gasteiger partial charge in [-0.25, -0.2) is 4.39 Å². The van der Waals surface area contributed by atoms with Crippen molar-refractivity contribution in [2.45, 2.75) is 6.54 Å². The Morgan fingerprint density at radius 1 is 1.39 bits per heavy atom. The summed E-state index contributed by atoms with van der Waals surface area (Å²) in [7, 11) is 1.43. The van der Waals surface area contributed by atoms with Gasteiger partial charge in [0.15, 0.2) is 11.6 Å². The van der Waals surface area contributed by atoms with E-state index in [4.69, 9.17) is 10.00 Å². The lowest BCUT2D eigenvalue weighted by Gasteiger charge is -2.07. The number of anilines is 1. The van der Waals surface area contributed by atoms with Gasteiger partial charge >= 0.3 is 0 Å². The van der Waals surface area contributed by atoms with Gasteiger partial charge in [-0.05, 0) is 24.3 Å². The molecule has 0 aliphatic heterocycles. The zero-order chi connectivity index (χ0) is 13.0. The first-order chi connectivity index (χ1) is 8.72. The van der Waals surface area contributed by atoms with Gasteiger partial charge in [-0.15, -0.1) is 11.3 Å². The van der Waals surface area contributed by atoms with E-state index in [1.165, 1.54) is 24.5 Å². The van der Waals surface area contributed by atoms with Crippen LogP contribution in [-0.4, -0.2) is 7.11 Å². The van der Waals surface area contributed by atoms with E-state index < -0.39 is 5.82 Å². The first-order valence-electron chi connectivity index (χ1n) is 5.29. The van der Waals surface area contributed by atoms with Gasteiger partial charge in [0.1, 0.15) is 10.9 Å². The van der Waals surface area contributed by atoms with E-state index in [0.29, 0.717) is 17.1 Å². The van der Waals surface area contributed by atoms with Crippen LogP contribution in [0.5, 0.6) is 5.75 Å². The smallest absolute Gasteiger partial charge is 0.167 e. The van der Waals surface area contributed by atoms with Crippen LogP contribution in [0.2, 0.25) is 0 Å². The van der Waals surface area contributed by atoms with Gasteiger partial charge in [0, 0.05) is 23.2 Å². The maximum atomic E-state index is 13.4. The molecule has 0 fully saturated rings. The number of thiophene rings is 1. The third-order valence-corrected chi connectivity index (χ3v) is 3.38. The van der Waals surface area contributed by atoms with Crippen LogP contribution in [0.15, 0.2) is 30.3 Å². The Balaban J connectivity index is 2.02. The maximum Gasteiger partial charge on any atom is 0.167 e. The van der Waals surface area contributed by atoms with Gasteiger partial charge in [0.05, 0.1) is 7.11 Å². The fourth-order valence-corrected chi connectivity index (χ4v) is 2.24. The number of rotatable bonds is 4. The van der Waals surface area contributed by atoms with E-state index >= 15 is 0 Å². The molecular weight excluding hydrogens is 251 g/mol. The lowest BCUT2D eigenvalue weighted by molar-refractivity contribution is 0.386. The highest BCUT2D eigenvalue weighted by Gasteiger charge is 2.04. The molecule has 0 unspecified atom stereocenters. The van der Waals surface area contributed by atoms with Crippen LogP contribution in [0, 0.1) is 17.1 Å². The lowest BCUT2D eigenvalue weighted by Crippen LogP contribution is -1.98. The van der Waals surface area contributed by atoms with Crippen LogP contribution in [-0.2, 0) is 6.54 Å². The number of nitrogens with one attached hydrogen (secondary N) is 1. The van der Waals surface area contributed by atoms with Crippen molar-refractivity contribution in [1.29, 1.82) is 5.26 Å². The number of benzene rings is 1. The highest BCUT2D eigenvalue weighted by atomic mass is 32.1. The molecule has 1 N–H and O–H groups in total. The largest absolute Gasteiger partial charge is 0.494 e. The standard InChI is InChI=1S/C13H11FN2OS/c1-17-13-5-2-9(6-12(13)14)16-8-11-4-3-10(7-15)18-11/h2-6,16H,8H2,1H3. The molecule has 92 valence electrons. The number of methoxy groups -OCH3 is 1. The Morgan fingerprint density at radius 2 is 2.22 bits per heavy atom. The Bertz CT molecular complexity index is 589. The molecule has 0 aliphatic rings. The molecule has 1 aromatic carbocycles. The van der Waals surface area contributed by atoms with Gasteiger partial charge in [-0.3, -0.25) is 0 Å². The quantitative estimate of drug-likeness (QED) is 0.918. The van der Waals surface area contributed by atoms with E-state index in [2.05, 4.69) is 11.4 Å². The van der Waals surface area contributed by atoms with Crippen LogP contribution in [0.1, 0.15) is 9.75 Å². The Hall–Kier alpha value is -2.06. The van der Waals surface area contributed by atoms with Crippen molar-refractivity contribution in [3.05, 3.63) is 45.9 Å². The molecule has 0 bridgehead atoms. The summed E-state index contributed by atoms with van der Waals surface area (Å²) in [5, 5.41) is 11.8. The van der Waals surface area contributed by atoms with E-state index in [0.717, 1.165) is 4.88 Å². The molecule has 2 rings (SSSR count). The van der Waals surface area contributed by atoms with Gasteiger partial charge < -0.3 is 10.1 Å². The molecule has 1 aromatic heterocycles. The SMILES string of the molecule is COc1ccc(NCc2ccc(C#N)s2)cc1F. The van der Waals surface area contributed by atoms with E-state index in [1.807, 2.05) is 6.07 Å². The van der Waals surface area contributed by atoms with Crippen LogP contribution >= 0.6 is 11.3 Å². The highest BCUT2D eigenvalue weighted by molar-refractivity contribution is 7.12. The topological polar surface area (TPSA) is 45.0 Å². The zero-order valence-corrected chi connectivity index (χ0v) is 10.6. The third kappa shape index (κ3) is 2.79. The Labute approximate surface area is 108 Å². The molecule has 2 aromatic rings. The first-order valence-corrected chi connectivity index (χ1v) is 6.11. The van der Waals surface area contributed by atoms with E-state index in [9.17, 15) is 4.39 Å². The maximum absolute atomic E-state index is 13.4. The molecule has 18 heavy (non-hydrogen) atoms. The highest BCUT2D eigenvalue weighted by Crippen LogP contribution is 2.22. The summed E-state index contributed by atoms with van der Waals surface area (Å²) >= 11 is 1.42. The molecule has 0 aliphatic carbocycles. The van der Waals surface area contributed by atoms with Crippen molar-refractivity contribution >= 4 is 17.0 Å². The summed E-state index contributed by atoms with van der Waals surface area (Å²) in [6.45, 7) is 0.568. The van der Waals surface area contributed by atoms with Gasteiger partial charge in [-0.1, -0.05) is 0 Å². The second kappa shape index (κ2) is 5.52. The molecule has 0 radical (unpaired) electrons. The Kier molecular flexibility index (Phi) is 3.80. The fourth-order valence-electron chi connectivity index (χ4n) is 1.50. The molecule has 3 nitrogen and oxygen atoms in total. The molecule has 0 saturated carbocycles. The van der Waals surface area contributed by atoms with Crippen molar-refractivity contribution in [1.82, 2.24) is 0 Å². The second-order valence-electron chi connectivity index (χ2n) is 3.58. The lowest BCUT2D eigenvalue weighted by atomic mass is 10.3. The number of nitriles is 1. The van der Waals surface area contributed by atoms with E-state index in [-0.39, 0.29) is 5.75 Å². The van der Waals surface area contributed by atoms with Gasteiger partial charge in [-0.2, -0.15) is 5.26 Å². The van der Waals surface area contributed by atoms with Gasteiger partial charge in [0.2, 0.25) is 0 Å². The fraction of sp³-hybridized carbons (Fsp3) is 0.154. The monoisotopic (exact) mass is 262 g/mol. The molecule has 0 spiro atoms. The second-order valence-corrected chi connectivity index (χ2v) is 4.75. The minimum atomic E-state index is -0.397. The van der Waals surface area contributed by atoms with Crippen LogP contribution in [0.25, 0.3) is 0 Å². The average Bonchev–Trinajstić information content (AvgIpc) is 2.84. The third-order valence-electron chi connectivity index (χ3n) is 2.39. The first kappa shape index (κ1) is 12.4. The average molecular weight is 262 g/mol. The van der Waals surface area contributed by atoms with Crippen molar-refractivity contribution < 1.29 is 9.13 Å². The minimum absolute atomic E-state index is 0.225. The molecule has 1 heterocycles. The number of halogens is 1. The van der Waals surface area contributed by atoms with Crippen LogP contribution < -0.4 is 10.1 Å². The number of ether oxygens (including phenoxy) is 1. The normalized spacial score (nSPS) is 9.83. The number of hydrogen-bond donors (Lipinski definition) is 1. The predicted molar refractivity (Wildman–Crippen MR) is 69.3 cm³/mol. The van der Waals surface area contributed by atoms with Crippen molar-refractivity contribution in [3.63, 3.8) is 0 Å². The molecule has 0 atom stereocenters. The predicted octanol–water partition coefficient (Wildman–Crippen LogP) is 3.38. The number of nitrogens with zero attached hydrogens (tertiary/aromatic N) is 1. The Morgan fingerprint density at radius 3 is 2.83 bits per heavy atom. The van der Waals surface area contributed by atoms with Crippen LogP contribution in [0.3, 0.4) is 0 Å². The molecule has 5 heteroatoms. The summed E-state index contributed by atoms with van der Waals surface area (Å²) < 4.78 is 18.3. The van der Waals surface area contributed by atoms with Crippen molar-refractivity contribution in [2.75, 3.05) is 12.4 Å². The van der Waals surface area contributed by atoms with Crippen molar-refractivity contribution in [3.8, 4) is 11.8 Å². The number of hydrogen-bond acceptors (Lipinski definition) is 4. The summed E-state index contributed by atoms with van der Waals surface area (Å²) in [6, 6.07) is 10.5. The molecule has 0 amide bonds. The van der Waals surface area contributed by atoms with E-state index in [1.54, 1.807) is 18.2 Å². The van der Waals surface area contributed by atoms with Crippen molar-refractivity contribution in [2.24, 2.45) is 0 Å². The minimum Gasteiger partial charge on any atom is -0.494 e. The summed E-state index contributed by atoms with van der Waals surface area (Å²) in [5.41, 5.74) is 0.681. The molecular formula is C13H11FN2OS.